The standard InChI is InChI=1S/C25H36N2O5S/c1-6-21(28)27(18-12-14-26(15-13-18)24(30)32-25(2,3)4)19-16-20(17-10-8-7-9-11-17)33-22(19)23(29)31-5/h10,16,18H,6-9,11-15H2,1-5H3. The van der Waals surface area contributed by atoms with E-state index in [0.717, 1.165) is 24.1 Å². The predicted molar refractivity (Wildman–Crippen MR) is 131 cm³/mol. The first-order valence-electron chi connectivity index (χ1n) is 11.9. The van der Waals surface area contributed by atoms with E-state index in [1.165, 1.54) is 30.4 Å². The Morgan fingerprint density at radius 1 is 1.18 bits per heavy atom. The van der Waals surface area contributed by atoms with Gasteiger partial charge in [-0.25, -0.2) is 9.59 Å². The second kappa shape index (κ2) is 10.7. The number of hydrogen-bond donors (Lipinski definition) is 0. The van der Waals surface area contributed by atoms with Gasteiger partial charge in [-0.2, -0.15) is 0 Å². The maximum atomic E-state index is 13.1. The summed E-state index contributed by atoms with van der Waals surface area (Å²) in [6.45, 7) is 8.39. The number of carbonyl (C=O) groups is 3. The van der Waals surface area contributed by atoms with Gasteiger partial charge in [0.1, 0.15) is 10.5 Å². The van der Waals surface area contributed by atoms with E-state index in [0.29, 0.717) is 42.9 Å². The highest BCUT2D eigenvalue weighted by Crippen LogP contribution is 2.40. The van der Waals surface area contributed by atoms with E-state index in [9.17, 15) is 14.4 Å². The Balaban J connectivity index is 1.87. The molecule has 2 amide bonds. The van der Waals surface area contributed by atoms with Gasteiger partial charge in [-0.3, -0.25) is 4.79 Å². The van der Waals surface area contributed by atoms with Gasteiger partial charge in [0.25, 0.3) is 0 Å². The fourth-order valence-electron chi connectivity index (χ4n) is 4.36. The molecule has 1 aromatic heterocycles. The first kappa shape index (κ1) is 25.3. The minimum Gasteiger partial charge on any atom is -0.465 e. The van der Waals surface area contributed by atoms with Crippen LogP contribution >= 0.6 is 11.3 Å². The third kappa shape index (κ3) is 6.16. The normalized spacial score (nSPS) is 17.4. The summed E-state index contributed by atoms with van der Waals surface area (Å²) in [6, 6.07) is 1.89. The van der Waals surface area contributed by atoms with Gasteiger partial charge in [0.2, 0.25) is 5.91 Å². The molecule has 0 bridgehead atoms. The molecule has 1 aromatic rings. The van der Waals surface area contributed by atoms with Crippen LogP contribution in [-0.4, -0.2) is 54.7 Å². The monoisotopic (exact) mass is 476 g/mol. The van der Waals surface area contributed by atoms with Crippen LogP contribution in [0.5, 0.6) is 0 Å². The molecular weight excluding hydrogens is 440 g/mol. The summed E-state index contributed by atoms with van der Waals surface area (Å²) in [4.78, 5) is 43.2. The number of methoxy groups -OCH3 is 1. The number of carbonyl (C=O) groups excluding carboxylic acids is 3. The van der Waals surface area contributed by atoms with E-state index in [-0.39, 0.29) is 18.0 Å². The van der Waals surface area contributed by atoms with E-state index >= 15 is 0 Å². The third-order valence-electron chi connectivity index (χ3n) is 6.00. The maximum Gasteiger partial charge on any atom is 0.410 e. The van der Waals surface area contributed by atoms with Crippen molar-refractivity contribution >= 4 is 40.6 Å². The lowest BCUT2D eigenvalue weighted by Gasteiger charge is -2.38. The van der Waals surface area contributed by atoms with Crippen LogP contribution in [0.1, 0.15) is 87.2 Å². The van der Waals surface area contributed by atoms with E-state index in [4.69, 9.17) is 9.47 Å². The van der Waals surface area contributed by atoms with Gasteiger partial charge >= 0.3 is 12.1 Å². The molecule has 0 radical (unpaired) electrons. The molecule has 2 aliphatic rings. The molecule has 0 aromatic carbocycles. The van der Waals surface area contributed by atoms with E-state index in [1.54, 1.807) is 9.80 Å². The first-order valence-corrected chi connectivity index (χ1v) is 12.7. The van der Waals surface area contributed by atoms with Crippen LogP contribution in [0.4, 0.5) is 10.5 Å². The number of nitrogens with zero attached hydrogens (tertiary/aromatic N) is 2. The molecule has 1 saturated heterocycles. The van der Waals surface area contributed by atoms with Gasteiger partial charge in [0, 0.05) is 30.4 Å². The van der Waals surface area contributed by atoms with Crippen LogP contribution < -0.4 is 4.90 Å². The second-order valence-electron chi connectivity index (χ2n) is 9.61. The molecule has 0 atom stereocenters. The summed E-state index contributed by atoms with van der Waals surface area (Å²) < 4.78 is 10.6. The van der Waals surface area contributed by atoms with Gasteiger partial charge in [-0.15, -0.1) is 11.3 Å². The Hall–Kier alpha value is -2.35. The number of esters is 1. The molecule has 3 rings (SSSR count). The zero-order valence-corrected chi connectivity index (χ0v) is 21.3. The number of amides is 2. The van der Waals surface area contributed by atoms with Crippen molar-refractivity contribution in [3.8, 4) is 0 Å². The molecule has 1 aliphatic carbocycles. The number of rotatable bonds is 5. The number of anilines is 1. The highest BCUT2D eigenvalue weighted by Gasteiger charge is 2.35. The zero-order chi connectivity index (χ0) is 24.2. The van der Waals surface area contributed by atoms with Gasteiger partial charge in [-0.05, 0) is 70.9 Å². The Morgan fingerprint density at radius 2 is 1.88 bits per heavy atom. The van der Waals surface area contributed by atoms with Crippen molar-refractivity contribution in [3.05, 3.63) is 21.9 Å². The molecular formula is C25H36N2O5S. The number of likely N-dealkylation sites (tertiary alicyclic amines) is 1. The van der Waals surface area contributed by atoms with E-state index in [2.05, 4.69) is 6.08 Å². The van der Waals surface area contributed by atoms with Crippen LogP contribution in [0.15, 0.2) is 12.1 Å². The highest BCUT2D eigenvalue weighted by molar-refractivity contribution is 7.15. The lowest BCUT2D eigenvalue weighted by Crippen LogP contribution is -2.50. The van der Waals surface area contributed by atoms with Gasteiger partial charge in [0.15, 0.2) is 0 Å². The van der Waals surface area contributed by atoms with Gasteiger partial charge < -0.3 is 19.3 Å². The van der Waals surface area contributed by atoms with Crippen molar-refractivity contribution < 1.29 is 23.9 Å². The topological polar surface area (TPSA) is 76.2 Å². The van der Waals surface area contributed by atoms with Crippen molar-refractivity contribution in [2.24, 2.45) is 0 Å². The fourth-order valence-corrected chi connectivity index (χ4v) is 5.49. The number of allylic oxidation sites excluding steroid dienone is 2. The summed E-state index contributed by atoms with van der Waals surface area (Å²) in [5.41, 5.74) is 1.33. The summed E-state index contributed by atoms with van der Waals surface area (Å²) in [5.74, 6) is -0.449. The van der Waals surface area contributed by atoms with Crippen molar-refractivity contribution in [3.63, 3.8) is 0 Å². The summed E-state index contributed by atoms with van der Waals surface area (Å²) >= 11 is 1.41. The average molecular weight is 477 g/mol. The lowest BCUT2D eigenvalue weighted by atomic mass is 9.98. The summed E-state index contributed by atoms with van der Waals surface area (Å²) in [6.07, 6.45) is 7.83. The Kier molecular flexibility index (Phi) is 8.21. The fraction of sp³-hybridized carbons (Fsp3) is 0.640. The molecule has 1 aliphatic heterocycles. The van der Waals surface area contributed by atoms with Crippen LogP contribution in [0.3, 0.4) is 0 Å². The molecule has 0 unspecified atom stereocenters. The molecule has 1 fully saturated rings. The van der Waals surface area contributed by atoms with Crippen molar-refractivity contribution in [2.45, 2.75) is 84.3 Å². The average Bonchev–Trinajstić information content (AvgIpc) is 3.23. The first-order chi connectivity index (χ1) is 15.6. The molecule has 2 heterocycles. The SMILES string of the molecule is CCC(=O)N(c1cc(C2=CCCCC2)sc1C(=O)OC)C1CCN(C(=O)OC(C)(C)C)CC1. The minimum atomic E-state index is -0.547. The summed E-state index contributed by atoms with van der Waals surface area (Å²) in [5, 5.41) is 0. The Labute approximate surface area is 200 Å². The van der Waals surface area contributed by atoms with Gasteiger partial charge in [0.05, 0.1) is 12.8 Å². The van der Waals surface area contributed by atoms with Crippen LogP contribution in [0, 0.1) is 0 Å². The van der Waals surface area contributed by atoms with E-state index < -0.39 is 11.6 Å². The minimum absolute atomic E-state index is 0.0298. The molecule has 0 N–H and O–H groups in total. The predicted octanol–water partition coefficient (Wildman–Crippen LogP) is 5.63. The molecule has 0 spiro atoms. The number of thiophene rings is 1. The summed E-state index contributed by atoms with van der Waals surface area (Å²) in [7, 11) is 1.37. The highest BCUT2D eigenvalue weighted by atomic mass is 32.1. The lowest BCUT2D eigenvalue weighted by molar-refractivity contribution is -0.119. The van der Waals surface area contributed by atoms with Gasteiger partial charge in [-0.1, -0.05) is 13.0 Å². The number of hydrogen-bond acceptors (Lipinski definition) is 6. The smallest absolute Gasteiger partial charge is 0.410 e. The zero-order valence-electron chi connectivity index (χ0n) is 20.4. The third-order valence-corrected chi connectivity index (χ3v) is 7.18. The molecule has 33 heavy (non-hydrogen) atoms. The number of ether oxygens (including phenoxy) is 2. The van der Waals surface area contributed by atoms with Crippen LogP contribution in [0.2, 0.25) is 0 Å². The Bertz CT molecular complexity index is 906. The van der Waals surface area contributed by atoms with Crippen molar-refractivity contribution in [2.75, 3.05) is 25.1 Å². The second-order valence-corrected chi connectivity index (χ2v) is 10.7. The van der Waals surface area contributed by atoms with Crippen molar-refractivity contribution in [1.82, 2.24) is 4.90 Å². The Morgan fingerprint density at radius 3 is 2.42 bits per heavy atom. The quantitative estimate of drug-likeness (QED) is 0.515. The van der Waals surface area contributed by atoms with E-state index in [1.807, 2.05) is 33.8 Å². The van der Waals surface area contributed by atoms with Crippen LogP contribution in [-0.2, 0) is 14.3 Å². The maximum absolute atomic E-state index is 13.1. The van der Waals surface area contributed by atoms with Crippen LogP contribution in [0.25, 0.3) is 5.57 Å². The molecule has 8 heteroatoms. The largest absolute Gasteiger partial charge is 0.465 e. The van der Waals surface area contributed by atoms with Crippen molar-refractivity contribution in [1.29, 1.82) is 0 Å². The molecule has 182 valence electrons. The molecule has 0 saturated carbocycles. The molecule has 7 nitrogen and oxygen atoms in total. The number of piperidine rings is 1.